The predicted octanol–water partition coefficient (Wildman–Crippen LogP) is 6.47. The van der Waals surface area contributed by atoms with Gasteiger partial charge in [-0.05, 0) is 0 Å². The molecule has 0 amide bonds. The molecule has 0 fully saturated rings. The van der Waals surface area contributed by atoms with Gasteiger partial charge in [0.25, 0.3) is 0 Å². The third-order valence-corrected chi connectivity index (χ3v) is 14.5. The molecule has 0 bridgehead atoms. The fourth-order valence-electron chi connectivity index (χ4n) is 5.53. The Morgan fingerprint density at radius 3 is 1.26 bits per heavy atom. The first-order valence-electron chi connectivity index (χ1n) is 13.2. The van der Waals surface area contributed by atoms with Gasteiger partial charge in [0.1, 0.15) is 0 Å². The monoisotopic (exact) mass is 540 g/mol. The van der Waals surface area contributed by atoms with E-state index < -0.39 is 6.83 Å². The van der Waals surface area contributed by atoms with Gasteiger partial charge in [0, 0.05) is 0 Å². The van der Waals surface area contributed by atoms with E-state index in [9.17, 15) is 0 Å². The average molecular weight is 541 g/mol. The average Bonchev–Trinajstić information content (AvgIpc) is 3.03. The molecule has 0 aliphatic rings. The van der Waals surface area contributed by atoms with Crippen LogP contribution in [-0.2, 0) is 0 Å². The third-order valence-electron chi connectivity index (χ3n) is 7.19. The number of benzene rings is 6. The molecule has 6 aromatic carbocycles. The van der Waals surface area contributed by atoms with E-state index in [0.29, 0.717) is 8.58 Å². The summed E-state index contributed by atoms with van der Waals surface area (Å²) in [4.78, 5) is 0. The molecule has 0 saturated heterocycles. The minimum absolute atomic E-state index is 0.478. The van der Waals surface area contributed by atoms with Crippen LogP contribution in [0.3, 0.4) is 0 Å². The van der Waals surface area contributed by atoms with E-state index in [4.69, 9.17) is 4.52 Å². The molecule has 1 nitrogen and oxygen atoms in total. The summed E-state index contributed by atoms with van der Waals surface area (Å²) in [6.45, 7) is -3.82. The SMILES string of the molecule is c1ccc(OP(c2ccccc2)(c2ccccc2)(c2ccccc2)c2ccccc2Pc2ccccc2)cc1. The van der Waals surface area contributed by atoms with Crippen LogP contribution in [0.15, 0.2) is 176 Å². The van der Waals surface area contributed by atoms with Crippen molar-refractivity contribution in [2.45, 2.75) is 0 Å². The second-order valence-electron chi connectivity index (χ2n) is 9.46. The van der Waals surface area contributed by atoms with Crippen molar-refractivity contribution in [2.24, 2.45) is 0 Å². The molecule has 0 N–H and O–H groups in total. The third kappa shape index (κ3) is 4.39. The number of hydrogen-bond donors (Lipinski definition) is 0. The Kier molecular flexibility index (Phi) is 7.12. The van der Waals surface area contributed by atoms with E-state index in [-0.39, 0.29) is 0 Å². The van der Waals surface area contributed by atoms with Gasteiger partial charge in [-0.15, -0.1) is 0 Å². The van der Waals surface area contributed by atoms with Crippen molar-refractivity contribution in [3.05, 3.63) is 176 Å². The van der Waals surface area contributed by atoms with Gasteiger partial charge in [0.15, 0.2) is 0 Å². The molecular weight excluding hydrogens is 510 g/mol. The standard InChI is InChI=1S/C36H30OP2/c1-6-18-30(19-7-1)37-39(32-22-10-3-11-23-32,33-24-12-4-13-25-33,34-26-14-5-15-27-34)36-29-17-16-28-35(36)38-31-20-8-2-9-21-31/h1-29,38H. The van der Waals surface area contributed by atoms with E-state index in [1.54, 1.807) is 0 Å². The van der Waals surface area contributed by atoms with E-state index in [0.717, 1.165) is 5.75 Å². The van der Waals surface area contributed by atoms with Crippen LogP contribution in [0.5, 0.6) is 5.75 Å². The van der Waals surface area contributed by atoms with Crippen molar-refractivity contribution in [1.29, 1.82) is 0 Å². The summed E-state index contributed by atoms with van der Waals surface area (Å²) < 4.78 is 7.75. The van der Waals surface area contributed by atoms with Gasteiger partial charge in [-0.25, -0.2) is 0 Å². The molecule has 0 spiro atoms. The van der Waals surface area contributed by atoms with Crippen molar-refractivity contribution in [3.63, 3.8) is 0 Å². The van der Waals surface area contributed by atoms with Crippen LogP contribution in [0, 0.1) is 0 Å². The quantitative estimate of drug-likeness (QED) is 0.201. The molecular formula is C36H30OP2. The van der Waals surface area contributed by atoms with Crippen LogP contribution >= 0.6 is 15.4 Å². The van der Waals surface area contributed by atoms with Gasteiger partial charge in [-0.3, -0.25) is 0 Å². The zero-order valence-electron chi connectivity index (χ0n) is 21.6. The van der Waals surface area contributed by atoms with Gasteiger partial charge < -0.3 is 0 Å². The maximum atomic E-state index is 7.75. The molecule has 6 aromatic rings. The second kappa shape index (κ2) is 11.0. The van der Waals surface area contributed by atoms with Crippen LogP contribution in [0.2, 0.25) is 0 Å². The van der Waals surface area contributed by atoms with E-state index in [1.807, 2.05) is 6.07 Å². The molecule has 0 saturated carbocycles. The zero-order valence-corrected chi connectivity index (χ0v) is 23.5. The molecule has 39 heavy (non-hydrogen) atoms. The summed E-state index contributed by atoms with van der Waals surface area (Å²) >= 11 is 0. The van der Waals surface area contributed by atoms with Gasteiger partial charge >= 0.3 is 233 Å². The van der Waals surface area contributed by atoms with Crippen LogP contribution in [0.25, 0.3) is 0 Å². The summed E-state index contributed by atoms with van der Waals surface area (Å²) in [6.07, 6.45) is 0. The zero-order chi connectivity index (χ0) is 26.4. The molecule has 6 rings (SSSR count). The first-order chi connectivity index (χ1) is 19.3. The van der Waals surface area contributed by atoms with Crippen molar-refractivity contribution < 1.29 is 4.52 Å². The summed E-state index contributed by atoms with van der Waals surface area (Å²) in [7, 11) is 0.478. The molecule has 190 valence electrons. The Morgan fingerprint density at radius 1 is 0.385 bits per heavy atom. The van der Waals surface area contributed by atoms with E-state index in [2.05, 4.69) is 170 Å². The molecule has 0 aromatic heterocycles. The Bertz CT molecular complexity index is 1540. The first kappa shape index (κ1) is 25.3. The molecule has 3 heteroatoms. The fourth-order valence-corrected chi connectivity index (χ4v) is 13.2. The summed E-state index contributed by atoms with van der Waals surface area (Å²) in [5.74, 6) is 0.851. The number of rotatable bonds is 8. The summed E-state index contributed by atoms with van der Waals surface area (Å²) in [5.41, 5.74) is 0. The Labute approximate surface area is 233 Å². The van der Waals surface area contributed by atoms with Gasteiger partial charge in [-0.1, -0.05) is 0 Å². The molecule has 0 heterocycles. The Hall–Kier alpha value is -4.02. The van der Waals surface area contributed by atoms with Crippen molar-refractivity contribution in [1.82, 2.24) is 0 Å². The van der Waals surface area contributed by atoms with Gasteiger partial charge in [-0.2, -0.15) is 0 Å². The number of para-hydroxylation sites is 1. The second-order valence-corrected chi connectivity index (χ2v) is 15.1. The Morgan fingerprint density at radius 2 is 0.769 bits per heavy atom. The first-order valence-corrected chi connectivity index (χ1v) is 16.3. The van der Waals surface area contributed by atoms with Gasteiger partial charge in [0.2, 0.25) is 0 Å². The van der Waals surface area contributed by atoms with Gasteiger partial charge in [0.05, 0.1) is 0 Å². The van der Waals surface area contributed by atoms with E-state index in [1.165, 1.54) is 31.8 Å². The molecule has 1 atom stereocenters. The minimum atomic E-state index is -3.82. The van der Waals surface area contributed by atoms with Crippen molar-refractivity contribution >= 4 is 47.2 Å². The van der Waals surface area contributed by atoms with Crippen molar-refractivity contribution in [3.8, 4) is 5.75 Å². The molecule has 0 radical (unpaired) electrons. The van der Waals surface area contributed by atoms with Crippen LogP contribution < -0.4 is 36.4 Å². The van der Waals surface area contributed by atoms with Crippen LogP contribution in [-0.4, -0.2) is 0 Å². The topological polar surface area (TPSA) is 9.23 Å². The fraction of sp³-hybridized carbons (Fsp3) is 0. The molecule has 0 aliphatic heterocycles. The maximum absolute atomic E-state index is 7.75. The summed E-state index contributed by atoms with van der Waals surface area (Å²) in [6, 6.07) is 62.6. The van der Waals surface area contributed by atoms with Crippen LogP contribution in [0.4, 0.5) is 0 Å². The Balaban J connectivity index is 1.82. The van der Waals surface area contributed by atoms with Crippen molar-refractivity contribution in [2.75, 3.05) is 0 Å². The summed E-state index contributed by atoms with van der Waals surface area (Å²) in [5, 5.41) is 7.35. The number of hydrogen-bond acceptors (Lipinski definition) is 1. The molecule has 1 unspecified atom stereocenters. The predicted molar refractivity (Wildman–Crippen MR) is 172 cm³/mol. The van der Waals surface area contributed by atoms with Crippen LogP contribution in [0.1, 0.15) is 0 Å². The normalized spacial score (nSPS) is 12.6. The molecule has 0 aliphatic carbocycles. The van der Waals surface area contributed by atoms with E-state index >= 15 is 0 Å².